The van der Waals surface area contributed by atoms with Gasteiger partial charge in [-0.3, -0.25) is 4.79 Å². The van der Waals surface area contributed by atoms with Crippen LogP contribution in [0.15, 0.2) is 18.2 Å². The summed E-state index contributed by atoms with van der Waals surface area (Å²) in [6.45, 7) is 4.13. The predicted molar refractivity (Wildman–Crippen MR) is 77.0 cm³/mol. The highest BCUT2D eigenvalue weighted by molar-refractivity contribution is 5.96. The smallest absolute Gasteiger partial charge is 0.251 e. The summed E-state index contributed by atoms with van der Waals surface area (Å²) in [7, 11) is 3.85. The van der Waals surface area contributed by atoms with Gasteiger partial charge in [0, 0.05) is 25.7 Å². The van der Waals surface area contributed by atoms with E-state index < -0.39 is 0 Å². The first-order valence-corrected chi connectivity index (χ1v) is 6.37. The highest BCUT2D eigenvalue weighted by Gasteiger charge is 2.12. The lowest BCUT2D eigenvalue weighted by atomic mass is 10.1. The second-order valence-electron chi connectivity index (χ2n) is 4.65. The topological polar surface area (TPSA) is 58.4 Å². The van der Waals surface area contributed by atoms with E-state index in [1.54, 1.807) is 6.07 Å². The number of amides is 1. The van der Waals surface area contributed by atoms with Gasteiger partial charge in [-0.15, -0.1) is 0 Å². The van der Waals surface area contributed by atoms with Crippen LogP contribution in [0.25, 0.3) is 0 Å². The summed E-state index contributed by atoms with van der Waals surface area (Å²) in [4.78, 5) is 14.0. The molecule has 1 amide bonds. The number of anilines is 2. The Morgan fingerprint density at radius 3 is 2.39 bits per heavy atom. The van der Waals surface area contributed by atoms with Gasteiger partial charge in [0.1, 0.15) is 0 Å². The molecule has 0 fully saturated rings. The molecule has 0 aliphatic carbocycles. The van der Waals surface area contributed by atoms with E-state index >= 15 is 0 Å². The monoisotopic (exact) mass is 249 g/mol. The van der Waals surface area contributed by atoms with E-state index in [2.05, 4.69) is 19.2 Å². The van der Waals surface area contributed by atoms with Crippen molar-refractivity contribution >= 4 is 17.3 Å². The molecule has 4 heteroatoms. The molecule has 4 nitrogen and oxygen atoms in total. The molecule has 0 aliphatic rings. The van der Waals surface area contributed by atoms with Gasteiger partial charge in [-0.05, 0) is 31.0 Å². The van der Waals surface area contributed by atoms with Crippen molar-refractivity contribution in [1.82, 2.24) is 5.32 Å². The van der Waals surface area contributed by atoms with Crippen LogP contribution in [0.5, 0.6) is 0 Å². The lowest BCUT2D eigenvalue weighted by molar-refractivity contribution is 0.0935. The van der Waals surface area contributed by atoms with Crippen LogP contribution < -0.4 is 16.0 Å². The SMILES string of the molecule is CCC(CC)NC(=O)c1ccc(N(C)C)c(N)c1. The Hall–Kier alpha value is -1.71. The Balaban J connectivity index is 2.84. The quantitative estimate of drug-likeness (QED) is 0.787. The number of carbonyl (C=O) groups excluding carboxylic acids is 1. The molecule has 3 N–H and O–H groups in total. The van der Waals surface area contributed by atoms with Gasteiger partial charge in [0.25, 0.3) is 5.91 Å². The number of nitrogens with one attached hydrogen (secondary N) is 1. The molecule has 0 radical (unpaired) electrons. The average Bonchev–Trinajstić information content (AvgIpc) is 2.34. The molecular formula is C14H23N3O. The first kappa shape index (κ1) is 14.4. The third kappa shape index (κ3) is 3.39. The Kier molecular flexibility index (Phi) is 5.01. The third-order valence-electron chi connectivity index (χ3n) is 3.09. The summed E-state index contributed by atoms with van der Waals surface area (Å²) in [5.74, 6) is -0.0549. The molecule has 100 valence electrons. The van der Waals surface area contributed by atoms with Crippen LogP contribution in [0.4, 0.5) is 11.4 Å². The van der Waals surface area contributed by atoms with Crippen LogP contribution in [0.3, 0.4) is 0 Å². The summed E-state index contributed by atoms with van der Waals surface area (Å²) in [6.07, 6.45) is 1.88. The standard InChI is InChI=1S/C14H23N3O/c1-5-11(6-2)16-14(18)10-7-8-13(17(3)4)12(15)9-10/h7-9,11H,5-6,15H2,1-4H3,(H,16,18). The maximum Gasteiger partial charge on any atom is 0.251 e. The van der Waals surface area contributed by atoms with Gasteiger partial charge in [-0.25, -0.2) is 0 Å². The van der Waals surface area contributed by atoms with E-state index in [-0.39, 0.29) is 11.9 Å². The van der Waals surface area contributed by atoms with Gasteiger partial charge >= 0.3 is 0 Å². The molecule has 0 saturated carbocycles. The molecule has 0 saturated heterocycles. The first-order chi connectivity index (χ1) is 8.49. The molecular weight excluding hydrogens is 226 g/mol. The van der Waals surface area contributed by atoms with Crippen molar-refractivity contribution in [3.05, 3.63) is 23.8 Å². The van der Waals surface area contributed by atoms with Gasteiger partial charge in [-0.1, -0.05) is 13.8 Å². The van der Waals surface area contributed by atoms with Crippen LogP contribution in [-0.2, 0) is 0 Å². The van der Waals surface area contributed by atoms with Crippen LogP contribution in [0.1, 0.15) is 37.0 Å². The van der Waals surface area contributed by atoms with Crippen LogP contribution in [0, 0.1) is 0 Å². The summed E-state index contributed by atoms with van der Waals surface area (Å²) in [5, 5.41) is 3.00. The van der Waals surface area contributed by atoms with E-state index in [0.29, 0.717) is 11.3 Å². The number of nitrogens with zero attached hydrogens (tertiary/aromatic N) is 1. The van der Waals surface area contributed by atoms with Crippen LogP contribution in [0.2, 0.25) is 0 Å². The minimum Gasteiger partial charge on any atom is -0.397 e. The average molecular weight is 249 g/mol. The summed E-state index contributed by atoms with van der Waals surface area (Å²) < 4.78 is 0. The van der Waals surface area contributed by atoms with E-state index in [0.717, 1.165) is 18.5 Å². The minimum absolute atomic E-state index is 0.0549. The van der Waals surface area contributed by atoms with Gasteiger partial charge in [0.05, 0.1) is 11.4 Å². The lowest BCUT2D eigenvalue weighted by Gasteiger charge is -2.17. The molecule has 0 aliphatic heterocycles. The first-order valence-electron chi connectivity index (χ1n) is 6.37. The molecule has 0 unspecified atom stereocenters. The molecule has 1 aromatic rings. The zero-order valence-electron chi connectivity index (χ0n) is 11.7. The maximum absolute atomic E-state index is 12.0. The number of nitrogens with two attached hydrogens (primary N) is 1. The molecule has 0 atom stereocenters. The van der Waals surface area contributed by atoms with E-state index in [9.17, 15) is 4.79 Å². The molecule has 0 bridgehead atoms. The fourth-order valence-corrected chi connectivity index (χ4v) is 1.86. The fourth-order valence-electron chi connectivity index (χ4n) is 1.86. The van der Waals surface area contributed by atoms with E-state index in [4.69, 9.17) is 5.73 Å². The van der Waals surface area contributed by atoms with Gasteiger partial charge < -0.3 is 16.0 Å². The Labute approximate surface area is 109 Å². The zero-order chi connectivity index (χ0) is 13.7. The van der Waals surface area contributed by atoms with Gasteiger partial charge in [0.2, 0.25) is 0 Å². The summed E-state index contributed by atoms with van der Waals surface area (Å²) >= 11 is 0. The predicted octanol–water partition coefficient (Wildman–Crippen LogP) is 2.25. The Bertz CT molecular complexity index is 412. The summed E-state index contributed by atoms with van der Waals surface area (Å²) in [5.41, 5.74) is 8.10. The largest absolute Gasteiger partial charge is 0.397 e. The zero-order valence-corrected chi connectivity index (χ0v) is 11.7. The van der Waals surface area contributed by atoms with Crippen molar-refractivity contribution in [2.75, 3.05) is 24.7 Å². The number of benzene rings is 1. The molecule has 18 heavy (non-hydrogen) atoms. The van der Waals surface area contributed by atoms with Crippen molar-refractivity contribution < 1.29 is 4.79 Å². The maximum atomic E-state index is 12.0. The van der Waals surface area contributed by atoms with Crippen molar-refractivity contribution in [2.24, 2.45) is 0 Å². The second-order valence-corrected chi connectivity index (χ2v) is 4.65. The summed E-state index contributed by atoms with van der Waals surface area (Å²) in [6, 6.07) is 5.64. The number of nitrogen functional groups attached to an aromatic ring is 1. The van der Waals surface area contributed by atoms with Gasteiger partial charge in [0.15, 0.2) is 0 Å². The normalized spacial score (nSPS) is 10.5. The van der Waals surface area contributed by atoms with Crippen LogP contribution in [-0.4, -0.2) is 26.0 Å². The minimum atomic E-state index is -0.0549. The van der Waals surface area contributed by atoms with E-state index in [1.165, 1.54) is 0 Å². The van der Waals surface area contributed by atoms with Crippen LogP contribution >= 0.6 is 0 Å². The number of carbonyl (C=O) groups is 1. The molecule has 1 aromatic carbocycles. The van der Waals surface area contributed by atoms with Crippen molar-refractivity contribution in [2.45, 2.75) is 32.7 Å². The molecule has 0 heterocycles. The van der Waals surface area contributed by atoms with Gasteiger partial charge in [-0.2, -0.15) is 0 Å². The Morgan fingerprint density at radius 2 is 1.94 bits per heavy atom. The third-order valence-corrected chi connectivity index (χ3v) is 3.09. The lowest BCUT2D eigenvalue weighted by Crippen LogP contribution is -2.33. The Morgan fingerprint density at radius 1 is 1.33 bits per heavy atom. The highest BCUT2D eigenvalue weighted by Crippen LogP contribution is 2.22. The highest BCUT2D eigenvalue weighted by atomic mass is 16.1. The number of hydrogen-bond acceptors (Lipinski definition) is 3. The van der Waals surface area contributed by atoms with Crippen molar-refractivity contribution in [1.29, 1.82) is 0 Å². The number of hydrogen-bond donors (Lipinski definition) is 2. The molecule has 0 aromatic heterocycles. The van der Waals surface area contributed by atoms with Crippen molar-refractivity contribution in [3.8, 4) is 0 Å². The van der Waals surface area contributed by atoms with Crippen molar-refractivity contribution in [3.63, 3.8) is 0 Å². The molecule has 0 spiro atoms. The fraction of sp³-hybridized carbons (Fsp3) is 0.500. The van der Waals surface area contributed by atoms with E-state index in [1.807, 2.05) is 31.1 Å². The second kappa shape index (κ2) is 6.28. The molecule has 1 rings (SSSR count). The number of rotatable bonds is 5.